The fraction of sp³-hybridized carbons (Fsp3) is 0.353. The summed E-state index contributed by atoms with van der Waals surface area (Å²) in [6, 6.07) is 7.09. The number of aromatic nitrogens is 2. The van der Waals surface area contributed by atoms with Gasteiger partial charge in [0.05, 0.1) is 11.9 Å². The van der Waals surface area contributed by atoms with Crippen LogP contribution in [0.3, 0.4) is 0 Å². The topological polar surface area (TPSA) is 96.2 Å². The average Bonchev–Trinajstić information content (AvgIpc) is 2.82. The van der Waals surface area contributed by atoms with Gasteiger partial charge in [0, 0.05) is 24.6 Å². The van der Waals surface area contributed by atoms with Gasteiger partial charge in [-0.25, -0.2) is 0 Å². The zero-order chi connectivity index (χ0) is 17.9. The quantitative estimate of drug-likeness (QED) is 0.733. The number of aryl methyl sites for hydroxylation is 1. The van der Waals surface area contributed by atoms with Crippen molar-refractivity contribution in [3.63, 3.8) is 0 Å². The minimum atomic E-state index is -1.13. The lowest BCUT2D eigenvalue weighted by Gasteiger charge is -2.26. The molecule has 7 nitrogen and oxygen atoms in total. The van der Waals surface area contributed by atoms with Crippen molar-refractivity contribution in [3.8, 4) is 0 Å². The highest BCUT2D eigenvalue weighted by Gasteiger charge is 2.37. The molecular weight excluding hydrogens is 308 g/mol. The molecule has 1 aromatic carbocycles. The molecule has 1 aromatic heterocycles. The Bertz CT molecular complexity index is 746. The zero-order valence-corrected chi connectivity index (χ0v) is 14.2. The maximum absolute atomic E-state index is 12.3. The lowest BCUT2D eigenvalue weighted by molar-refractivity contribution is -0.149. The van der Waals surface area contributed by atoms with Crippen LogP contribution in [0.1, 0.15) is 20.8 Å². The Hall–Kier alpha value is -2.83. The molecule has 0 saturated carbocycles. The maximum atomic E-state index is 12.3. The van der Waals surface area contributed by atoms with Gasteiger partial charge >= 0.3 is 5.97 Å². The van der Waals surface area contributed by atoms with Crippen LogP contribution in [0.15, 0.2) is 36.7 Å². The van der Waals surface area contributed by atoms with Crippen molar-refractivity contribution >= 4 is 28.9 Å². The van der Waals surface area contributed by atoms with Crippen LogP contribution in [0.5, 0.6) is 0 Å². The van der Waals surface area contributed by atoms with Crippen molar-refractivity contribution in [2.45, 2.75) is 20.8 Å². The molecule has 2 rings (SSSR count). The van der Waals surface area contributed by atoms with Crippen molar-refractivity contribution in [1.82, 2.24) is 9.78 Å². The highest BCUT2D eigenvalue weighted by molar-refractivity contribution is 6.05. The number of amides is 1. The first-order valence-electron chi connectivity index (χ1n) is 7.56. The van der Waals surface area contributed by atoms with E-state index in [2.05, 4.69) is 15.7 Å². The van der Waals surface area contributed by atoms with E-state index in [0.29, 0.717) is 5.69 Å². The summed E-state index contributed by atoms with van der Waals surface area (Å²) in [7, 11) is 1.82. The summed E-state index contributed by atoms with van der Waals surface area (Å²) >= 11 is 0. The van der Waals surface area contributed by atoms with E-state index < -0.39 is 23.2 Å². The van der Waals surface area contributed by atoms with Gasteiger partial charge in [-0.05, 0) is 23.6 Å². The molecular formula is C17H22N4O3. The Morgan fingerprint density at radius 1 is 1.21 bits per heavy atom. The molecule has 0 aliphatic carbocycles. The summed E-state index contributed by atoms with van der Waals surface area (Å²) < 4.78 is 1.68. The number of carboxylic acids is 1. The van der Waals surface area contributed by atoms with Crippen LogP contribution in [-0.2, 0) is 16.6 Å². The van der Waals surface area contributed by atoms with Crippen LogP contribution in [0.4, 0.5) is 17.1 Å². The molecule has 0 bridgehead atoms. The number of benzene rings is 1. The van der Waals surface area contributed by atoms with Crippen molar-refractivity contribution in [1.29, 1.82) is 0 Å². The molecule has 0 fully saturated rings. The third kappa shape index (κ3) is 4.34. The van der Waals surface area contributed by atoms with Crippen LogP contribution in [-0.4, -0.2) is 26.8 Å². The smallest absolute Gasteiger partial charge is 0.316 e. The predicted molar refractivity (Wildman–Crippen MR) is 92.1 cm³/mol. The SMILES string of the molecule is Cn1cc(Nc2cccc(NC(=O)C(C(=O)O)C(C)(C)C)c2)cn1. The number of carbonyl (C=O) groups excluding carboxylic acids is 1. The van der Waals surface area contributed by atoms with Crippen molar-refractivity contribution in [2.75, 3.05) is 10.6 Å². The third-order valence-corrected chi connectivity index (χ3v) is 3.50. The van der Waals surface area contributed by atoms with Gasteiger partial charge in [0.15, 0.2) is 0 Å². The molecule has 128 valence electrons. The minimum absolute atomic E-state index is 0.532. The molecule has 1 atom stereocenters. The molecule has 24 heavy (non-hydrogen) atoms. The Balaban J connectivity index is 2.13. The fourth-order valence-electron chi connectivity index (χ4n) is 2.42. The van der Waals surface area contributed by atoms with Crippen LogP contribution in [0.25, 0.3) is 0 Å². The predicted octanol–water partition coefficient (Wildman–Crippen LogP) is 2.85. The monoisotopic (exact) mass is 330 g/mol. The van der Waals surface area contributed by atoms with Gasteiger partial charge in [0.25, 0.3) is 0 Å². The fourth-order valence-corrected chi connectivity index (χ4v) is 2.42. The highest BCUT2D eigenvalue weighted by atomic mass is 16.4. The second-order valence-electron chi connectivity index (χ2n) is 6.74. The Kier molecular flexibility index (Phi) is 4.92. The van der Waals surface area contributed by atoms with Crippen LogP contribution in [0, 0.1) is 11.3 Å². The number of aliphatic carboxylic acids is 1. The Morgan fingerprint density at radius 3 is 2.42 bits per heavy atom. The molecule has 0 radical (unpaired) electrons. The lowest BCUT2D eigenvalue weighted by Crippen LogP contribution is -2.39. The number of carbonyl (C=O) groups is 2. The molecule has 1 unspecified atom stereocenters. The molecule has 0 saturated heterocycles. The second-order valence-corrected chi connectivity index (χ2v) is 6.74. The van der Waals surface area contributed by atoms with Crippen LogP contribution >= 0.6 is 0 Å². The first-order valence-corrected chi connectivity index (χ1v) is 7.56. The molecule has 0 aliphatic heterocycles. The van der Waals surface area contributed by atoms with E-state index in [-0.39, 0.29) is 0 Å². The lowest BCUT2D eigenvalue weighted by atomic mass is 9.80. The normalized spacial score (nSPS) is 12.5. The summed E-state index contributed by atoms with van der Waals surface area (Å²) in [6.45, 7) is 5.18. The van der Waals surface area contributed by atoms with Crippen molar-refractivity contribution in [2.24, 2.45) is 18.4 Å². The number of anilines is 3. The van der Waals surface area contributed by atoms with E-state index >= 15 is 0 Å². The summed E-state index contributed by atoms with van der Waals surface area (Å²) in [5, 5.41) is 19.2. The van der Waals surface area contributed by atoms with E-state index in [1.807, 2.05) is 19.3 Å². The van der Waals surface area contributed by atoms with Gasteiger partial charge in [-0.2, -0.15) is 5.10 Å². The number of nitrogens with one attached hydrogen (secondary N) is 2. The number of rotatable bonds is 5. The van der Waals surface area contributed by atoms with E-state index in [9.17, 15) is 14.7 Å². The van der Waals surface area contributed by atoms with Gasteiger partial charge in [-0.3, -0.25) is 14.3 Å². The van der Waals surface area contributed by atoms with Crippen molar-refractivity contribution < 1.29 is 14.7 Å². The standard InChI is InChI=1S/C17H22N4O3/c1-17(2,3)14(16(23)24)15(22)20-12-7-5-6-11(8-12)19-13-9-18-21(4)10-13/h5-10,14,19H,1-4H3,(H,20,22)(H,23,24). The first kappa shape index (κ1) is 17.5. The summed E-state index contributed by atoms with van der Waals surface area (Å²) in [5.74, 6) is -2.80. The number of carboxylic acid groups (broad SMARTS) is 1. The molecule has 0 aliphatic rings. The van der Waals surface area contributed by atoms with Crippen LogP contribution in [0.2, 0.25) is 0 Å². The summed E-state index contributed by atoms with van der Waals surface area (Å²) in [4.78, 5) is 23.8. The number of hydrogen-bond donors (Lipinski definition) is 3. The number of hydrogen-bond acceptors (Lipinski definition) is 4. The van der Waals surface area contributed by atoms with E-state index in [4.69, 9.17) is 0 Å². The van der Waals surface area contributed by atoms with Crippen molar-refractivity contribution in [3.05, 3.63) is 36.7 Å². The summed E-state index contributed by atoms with van der Waals surface area (Å²) in [5.41, 5.74) is 1.44. The van der Waals surface area contributed by atoms with E-state index in [0.717, 1.165) is 11.4 Å². The van der Waals surface area contributed by atoms with Gasteiger partial charge in [0.2, 0.25) is 5.91 Å². The average molecular weight is 330 g/mol. The van der Waals surface area contributed by atoms with Gasteiger partial charge < -0.3 is 15.7 Å². The molecule has 0 spiro atoms. The largest absolute Gasteiger partial charge is 0.481 e. The van der Waals surface area contributed by atoms with Gasteiger partial charge in [-0.1, -0.05) is 26.8 Å². The minimum Gasteiger partial charge on any atom is -0.481 e. The highest BCUT2D eigenvalue weighted by Crippen LogP contribution is 2.28. The molecule has 3 N–H and O–H groups in total. The number of nitrogens with zero attached hydrogens (tertiary/aromatic N) is 2. The Labute approximate surface area is 140 Å². The van der Waals surface area contributed by atoms with E-state index in [1.54, 1.807) is 49.8 Å². The second kappa shape index (κ2) is 6.74. The molecule has 1 amide bonds. The van der Waals surface area contributed by atoms with Crippen LogP contribution < -0.4 is 10.6 Å². The third-order valence-electron chi connectivity index (χ3n) is 3.50. The van der Waals surface area contributed by atoms with E-state index in [1.165, 1.54) is 0 Å². The molecule has 2 aromatic rings. The summed E-state index contributed by atoms with van der Waals surface area (Å²) in [6.07, 6.45) is 3.51. The molecule has 1 heterocycles. The van der Waals surface area contributed by atoms with Gasteiger partial charge in [0.1, 0.15) is 5.92 Å². The molecule has 7 heteroatoms. The Morgan fingerprint density at radius 2 is 1.88 bits per heavy atom. The zero-order valence-electron chi connectivity index (χ0n) is 14.2. The maximum Gasteiger partial charge on any atom is 0.316 e. The van der Waals surface area contributed by atoms with Gasteiger partial charge in [-0.15, -0.1) is 0 Å². The first-order chi connectivity index (χ1) is 11.2.